The molecule has 2 heterocycles. The maximum atomic E-state index is 13.1. The van der Waals surface area contributed by atoms with Crippen LogP contribution >= 0.6 is 0 Å². The molecule has 1 saturated heterocycles. The van der Waals surface area contributed by atoms with Gasteiger partial charge in [0.25, 0.3) is 5.91 Å². The number of rotatable bonds is 5. The van der Waals surface area contributed by atoms with Crippen LogP contribution in [-0.2, 0) is 17.8 Å². The van der Waals surface area contributed by atoms with E-state index in [2.05, 4.69) is 4.90 Å². The molecule has 0 N–H and O–H groups in total. The minimum Gasteiger partial charge on any atom is -0.493 e. The predicted octanol–water partition coefficient (Wildman–Crippen LogP) is 3.19. The van der Waals surface area contributed by atoms with Gasteiger partial charge in [0.15, 0.2) is 11.5 Å². The van der Waals surface area contributed by atoms with E-state index < -0.39 is 6.04 Å². The number of ether oxygens (including phenoxy) is 2. The molecule has 30 heavy (non-hydrogen) atoms. The Morgan fingerprint density at radius 1 is 1.00 bits per heavy atom. The van der Waals surface area contributed by atoms with Gasteiger partial charge >= 0.3 is 6.03 Å². The molecule has 2 aliphatic heterocycles. The van der Waals surface area contributed by atoms with Crippen molar-refractivity contribution in [1.29, 1.82) is 0 Å². The molecule has 2 aromatic rings. The molecule has 1 atom stereocenters. The van der Waals surface area contributed by atoms with Gasteiger partial charge in [-0.25, -0.2) is 9.69 Å². The third-order valence-electron chi connectivity index (χ3n) is 5.90. The van der Waals surface area contributed by atoms with Gasteiger partial charge in [-0.3, -0.25) is 14.6 Å². The summed E-state index contributed by atoms with van der Waals surface area (Å²) in [5.41, 5.74) is 4.19. The summed E-state index contributed by atoms with van der Waals surface area (Å²) in [6.45, 7) is 5.46. The van der Waals surface area contributed by atoms with Gasteiger partial charge in [0.2, 0.25) is 0 Å². The molecule has 0 spiro atoms. The number of carbonyl (C=O) groups excluding carboxylic acids is 2. The lowest BCUT2D eigenvalue weighted by Crippen LogP contribution is -2.44. The molecule has 4 rings (SSSR count). The Labute approximate surface area is 176 Å². The maximum Gasteiger partial charge on any atom is 0.333 e. The summed E-state index contributed by atoms with van der Waals surface area (Å²) >= 11 is 0. The second-order valence-corrected chi connectivity index (χ2v) is 7.85. The third kappa shape index (κ3) is 3.50. The number of carbonyl (C=O) groups is 2. The molecule has 2 aliphatic rings. The molecule has 0 aliphatic carbocycles. The van der Waals surface area contributed by atoms with Gasteiger partial charge in [-0.15, -0.1) is 0 Å². The van der Waals surface area contributed by atoms with E-state index in [1.807, 2.05) is 43.3 Å². The summed E-state index contributed by atoms with van der Waals surface area (Å²) in [6, 6.07) is 10.9. The normalized spacial score (nSPS) is 19.3. The minimum atomic E-state index is -0.512. The summed E-state index contributed by atoms with van der Waals surface area (Å²) < 4.78 is 10.8. The zero-order valence-electron chi connectivity index (χ0n) is 17.8. The van der Waals surface area contributed by atoms with Crippen LogP contribution in [-0.4, -0.2) is 55.2 Å². The standard InChI is InChI=1S/C23H27N3O4/c1-15-5-7-19(8-6-15)26-16(2)22(27)25(23(26)28)14-24-10-9-17-11-20(29-3)21(30-4)12-18(17)13-24/h5-8,11-12,16H,9-10,13-14H2,1-4H3/t16-/m0/s1. The number of hydrogen-bond acceptors (Lipinski definition) is 5. The Morgan fingerprint density at radius 2 is 1.63 bits per heavy atom. The van der Waals surface area contributed by atoms with Gasteiger partial charge in [0.05, 0.1) is 20.9 Å². The Hall–Kier alpha value is -3.06. The van der Waals surface area contributed by atoms with E-state index >= 15 is 0 Å². The van der Waals surface area contributed by atoms with Crippen LogP contribution in [0.3, 0.4) is 0 Å². The van der Waals surface area contributed by atoms with Gasteiger partial charge < -0.3 is 9.47 Å². The van der Waals surface area contributed by atoms with Crippen LogP contribution in [0.5, 0.6) is 11.5 Å². The molecule has 0 saturated carbocycles. The molecule has 3 amide bonds. The van der Waals surface area contributed by atoms with Gasteiger partial charge in [-0.2, -0.15) is 0 Å². The lowest BCUT2D eigenvalue weighted by molar-refractivity contribution is -0.128. The van der Waals surface area contributed by atoms with Crippen LogP contribution in [0.25, 0.3) is 0 Å². The fourth-order valence-corrected chi connectivity index (χ4v) is 4.16. The quantitative estimate of drug-likeness (QED) is 0.710. The largest absolute Gasteiger partial charge is 0.493 e. The molecule has 158 valence electrons. The molecule has 7 heteroatoms. The molecular weight excluding hydrogens is 382 g/mol. The topological polar surface area (TPSA) is 62.3 Å². The maximum absolute atomic E-state index is 13.1. The average molecular weight is 409 g/mol. The molecule has 0 unspecified atom stereocenters. The number of benzene rings is 2. The Bertz CT molecular complexity index is 973. The molecule has 1 fully saturated rings. The molecule has 0 aromatic heterocycles. The van der Waals surface area contributed by atoms with Crippen molar-refractivity contribution in [1.82, 2.24) is 9.80 Å². The first-order valence-electron chi connectivity index (χ1n) is 10.1. The first-order chi connectivity index (χ1) is 14.4. The monoisotopic (exact) mass is 409 g/mol. The van der Waals surface area contributed by atoms with Crippen molar-refractivity contribution in [2.45, 2.75) is 32.9 Å². The van der Waals surface area contributed by atoms with Gasteiger partial charge in [0, 0.05) is 18.8 Å². The van der Waals surface area contributed by atoms with Crippen molar-refractivity contribution >= 4 is 17.6 Å². The SMILES string of the molecule is COc1cc2c(cc1OC)CN(CN1C(=O)[C@H](C)N(c3ccc(C)cc3)C1=O)CC2. The fraction of sp³-hybridized carbons (Fsp3) is 0.391. The lowest BCUT2D eigenvalue weighted by atomic mass is 9.99. The number of aryl methyl sites for hydroxylation is 1. The van der Waals surface area contributed by atoms with E-state index in [-0.39, 0.29) is 18.6 Å². The van der Waals surface area contributed by atoms with E-state index in [1.54, 1.807) is 26.0 Å². The number of methoxy groups -OCH3 is 2. The first kappa shape index (κ1) is 20.2. The predicted molar refractivity (Wildman–Crippen MR) is 114 cm³/mol. The Morgan fingerprint density at radius 3 is 2.27 bits per heavy atom. The summed E-state index contributed by atoms with van der Waals surface area (Å²) in [4.78, 5) is 31.0. The second kappa shape index (κ2) is 7.99. The average Bonchev–Trinajstić information content (AvgIpc) is 2.96. The zero-order chi connectivity index (χ0) is 21.4. The smallest absolute Gasteiger partial charge is 0.333 e. The first-order valence-corrected chi connectivity index (χ1v) is 10.1. The van der Waals surface area contributed by atoms with Gasteiger partial charge in [-0.1, -0.05) is 17.7 Å². The zero-order valence-corrected chi connectivity index (χ0v) is 17.8. The number of nitrogens with zero attached hydrogens (tertiary/aromatic N) is 3. The highest BCUT2D eigenvalue weighted by molar-refractivity contribution is 6.14. The number of imide groups is 1. The second-order valence-electron chi connectivity index (χ2n) is 7.85. The Kier molecular flexibility index (Phi) is 5.39. The molecule has 2 aromatic carbocycles. The van der Waals surface area contributed by atoms with E-state index in [0.29, 0.717) is 12.3 Å². The van der Waals surface area contributed by atoms with Gasteiger partial charge in [-0.05, 0) is 55.7 Å². The number of fused-ring (bicyclic) bond motifs is 1. The van der Waals surface area contributed by atoms with Crippen molar-refractivity contribution in [2.24, 2.45) is 0 Å². The Balaban J connectivity index is 1.51. The molecule has 0 bridgehead atoms. The third-order valence-corrected chi connectivity index (χ3v) is 5.90. The van der Waals surface area contributed by atoms with Crippen LogP contribution in [0.15, 0.2) is 36.4 Å². The van der Waals surface area contributed by atoms with Crippen molar-refractivity contribution in [2.75, 3.05) is 32.3 Å². The lowest BCUT2D eigenvalue weighted by Gasteiger charge is -2.31. The molecule has 7 nitrogen and oxygen atoms in total. The molecular formula is C23H27N3O4. The van der Waals surface area contributed by atoms with Crippen molar-refractivity contribution < 1.29 is 19.1 Å². The van der Waals surface area contributed by atoms with E-state index in [1.165, 1.54) is 10.5 Å². The molecule has 0 radical (unpaired) electrons. The van der Waals surface area contributed by atoms with Crippen LogP contribution in [0.4, 0.5) is 10.5 Å². The number of urea groups is 1. The number of anilines is 1. The number of hydrogen-bond donors (Lipinski definition) is 0. The highest BCUT2D eigenvalue weighted by Crippen LogP contribution is 2.34. The summed E-state index contributed by atoms with van der Waals surface area (Å²) in [5.74, 6) is 1.24. The number of amides is 3. The summed E-state index contributed by atoms with van der Waals surface area (Å²) in [7, 11) is 3.25. The van der Waals surface area contributed by atoms with Crippen molar-refractivity contribution in [3.63, 3.8) is 0 Å². The fourth-order valence-electron chi connectivity index (χ4n) is 4.16. The highest BCUT2D eigenvalue weighted by Gasteiger charge is 2.44. The van der Waals surface area contributed by atoms with Crippen molar-refractivity contribution in [3.05, 3.63) is 53.1 Å². The van der Waals surface area contributed by atoms with E-state index in [4.69, 9.17) is 9.47 Å². The minimum absolute atomic E-state index is 0.168. The van der Waals surface area contributed by atoms with Crippen LogP contribution in [0, 0.1) is 6.92 Å². The van der Waals surface area contributed by atoms with E-state index in [9.17, 15) is 9.59 Å². The van der Waals surface area contributed by atoms with Crippen molar-refractivity contribution in [3.8, 4) is 11.5 Å². The van der Waals surface area contributed by atoms with Gasteiger partial charge in [0.1, 0.15) is 6.04 Å². The van der Waals surface area contributed by atoms with Crippen LogP contribution in [0.1, 0.15) is 23.6 Å². The highest BCUT2D eigenvalue weighted by atomic mass is 16.5. The van der Waals surface area contributed by atoms with Crippen LogP contribution in [0.2, 0.25) is 0 Å². The van der Waals surface area contributed by atoms with E-state index in [0.717, 1.165) is 35.5 Å². The summed E-state index contributed by atoms with van der Waals surface area (Å²) in [5, 5.41) is 0. The summed E-state index contributed by atoms with van der Waals surface area (Å²) in [6.07, 6.45) is 0.823. The van der Waals surface area contributed by atoms with Crippen LogP contribution < -0.4 is 14.4 Å².